The lowest BCUT2D eigenvalue weighted by molar-refractivity contribution is 0.816. The van der Waals surface area contributed by atoms with Crippen LogP contribution in [0.5, 0.6) is 0 Å². The summed E-state index contributed by atoms with van der Waals surface area (Å²) in [7, 11) is 0. The highest BCUT2D eigenvalue weighted by atomic mass is 16.2. The Hall–Kier alpha value is -1.32. The zero-order chi connectivity index (χ0) is 8.43. The van der Waals surface area contributed by atoms with E-state index in [1.54, 1.807) is 0 Å². The van der Waals surface area contributed by atoms with Crippen molar-refractivity contribution in [3.63, 3.8) is 0 Å². The maximum absolute atomic E-state index is 11.0. The molecule has 0 bridgehead atoms. The van der Waals surface area contributed by atoms with E-state index in [9.17, 15) is 9.59 Å². The molecule has 1 rings (SSSR count). The highest BCUT2D eigenvalue weighted by Gasteiger charge is 2.03. The average Bonchev–Trinajstić information content (AvgIpc) is 1.85. The van der Waals surface area contributed by atoms with Crippen molar-refractivity contribution in [3.05, 3.63) is 32.6 Å². The number of hydrogen-bond acceptors (Lipinski definition) is 2. The molecule has 1 aromatic rings. The molecule has 0 saturated carbocycles. The van der Waals surface area contributed by atoms with E-state index in [0.717, 1.165) is 0 Å². The first kappa shape index (κ1) is 7.78. The van der Waals surface area contributed by atoms with Gasteiger partial charge in [-0.1, -0.05) is 13.8 Å². The fourth-order valence-corrected chi connectivity index (χ4v) is 0.789. The quantitative estimate of drug-likeness (QED) is 0.595. The Labute approximate surface area is 63.3 Å². The van der Waals surface area contributed by atoms with Gasteiger partial charge < -0.3 is 4.98 Å². The normalized spacial score (nSPS) is 10.5. The standard InChI is InChI=1S/C7H9N2O2/c1-4(2)5-3-8-7(11)9-6(5)10/h4H,1-2H3,(H2,8,9,10,11). The summed E-state index contributed by atoms with van der Waals surface area (Å²) in [5.74, 6) is 0.0793. The molecule has 0 saturated heterocycles. The molecule has 2 N–H and O–H groups in total. The topological polar surface area (TPSA) is 65.7 Å². The fraction of sp³-hybridized carbons (Fsp3) is 0.429. The van der Waals surface area contributed by atoms with Gasteiger partial charge in [-0.15, -0.1) is 0 Å². The van der Waals surface area contributed by atoms with Gasteiger partial charge in [-0.3, -0.25) is 9.78 Å². The third kappa shape index (κ3) is 1.58. The van der Waals surface area contributed by atoms with Crippen LogP contribution >= 0.6 is 0 Å². The van der Waals surface area contributed by atoms with E-state index in [1.807, 2.05) is 13.8 Å². The molecule has 4 heteroatoms. The van der Waals surface area contributed by atoms with E-state index in [0.29, 0.717) is 5.56 Å². The lowest BCUT2D eigenvalue weighted by atomic mass is 10.1. The monoisotopic (exact) mass is 153 g/mol. The smallest absolute Gasteiger partial charge is 0.305 e. The largest absolute Gasteiger partial charge is 0.326 e. The van der Waals surface area contributed by atoms with E-state index in [1.165, 1.54) is 0 Å². The molecule has 11 heavy (non-hydrogen) atoms. The molecule has 1 aromatic heterocycles. The summed E-state index contributed by atoms with van der Waals surface area (Å²) in [5, 5.41) is 0. The van der Waals surface area contributed by atoms with Crippen LogP contribution in [-0.4, -0.2) is 9.97 Å². The maximum Gasteiger partial charge on any atom is 0.326 e. The lowest BCUT2D eigenvalue weighted by Crippen LogP contribution is -2.25. The molecule has 0 aliphatic rings. The van der Waals surface area contributed by atoms with Gasteiger partial charge in [-0.25, -0.2) is 4.79 Å². The molecule has 0 unspecified atom stereocenters. The minimum Gasteiger partial charge on any atom is -0.305 e. The van der Waals surface area contributed by atoms with E-state index < -0.39 is 5.69 Å². The molecule has 4 nitrogen and oxygen atoms in total. The Morgan fingerprint density at radius 3 is 2.45 bits per heavy atom. The number of nitrogens with one attached hydrogen (secondary N) is 2. The van der Waals surface area contributed by atoms with E-state index in [-0.39, 0.29) is 11.5 Å². The predicted molar refractivity (Wildman–Crippen MR) is 40.6 cm³/mol. The van der Waals surface area contributed by atoms with Crippen LogP contribution in [-0.2, 0) is 0 Å². The molecule has 0 aliphatic carbocycles. The summed E-state index contributed by atoms with van der Waals surface area (Å²) in [5.41, 5.74) is -0.396. The molecule has 0 aromatic carbocycles. The second-order valence-corrected chi connectivity index (χ2v) is 2.60. The first-order valence-electron chi connectivity index (χ1n) is 3.35. The van der Waals surface area contributed by atoms with Gasteiger partial charge in [0.05, 0.1) is 6.20 Å². The van der Waals surface area contributed by atoms with Gasteiger partial charge in [0.25, 0.3) is 5.56 Å². The first-order chi connectivity index (χ1) is 5.11. The number of hydrogen-bond donors (Lipinski definition) is 2. The Morgan fingerprint density at radius 2 is 2.00 bits per heavy atom. The summed E-state index contributed by atoms with van der Waals surface area (Å²) in [4.78, 5) is 25.9. The van der Waals surface area contributed by atoms with Crippen LogP contribution in [0.3, 0.4) is 0 Å². The maximum atomic E-state index is 11.0. The minimum absolute atomic E-state index is 0.0793. The molecule has 0 fully saturated rings. The zero-order valence-corrected chi connectivity index (χ0v) is 6.39. The number of H-pyrrole nitrogens is 2. The van der Waals surface area contributed by atoms with Crippen molar-refractivity contribution in [1.29, 1.82) is 0 Å². The Bertz CT molecular complexity index is 348. The number of aromatic amines is 2. The summed E-state index contributed by atoms with van der Waals surface area (Å²) >= 11 is 0. The van der Waals surface area contributed by atoms with Crippen LogP contribution in [0.1, 0.15) is 25.3 Å². The fourth-order valence-electron chi connectivity index (χ4n) is 0.789. The molecule has 1 heterocycles. The summed E-state index contributed by atoms with van der Waals surface area (Å²) in [6.07, 6.45) is 2.52. The van der Waals surface area contributed by atoms with Crippen LogP contribution < -0.4 is 11.2 Å². The third-order valence-electron chi connectivity index (χ3n) is 1.36. The highest BCUT2D eigenvalue weighted by molar-refractivity contribution is 5.06. The van der Waals surface area contributed by atoms with Crippen LogP contribution in [0.25, 0.3) is 0 Å². The number of aromatic nitrogens is 2. The molecule has 0 spiro atoms. The van der Waals surface area contributed by atoms with Crippen molar-refractivity contribution in [2.24, 2.45) is 0 Å². The van der Waals surface area contributed by atoms with Crippen molar-refractivity contribution < 1.29 is 0 Å². The van der Waals surface area contributed by atoms with Crippen molar-refractivity contribution in [2.75, 3.05) is 0 Å². The van der Waals surface area contributed by atoms with Crippen molar-refractivity contribution in [2.45, 2.75) is 19.8 Å². The highest BCUT2D eigenvalue weighted by Crippen LogP contribution is 2.03. The van der Waals surface area contributed by atoms with Crippen molar-refractivity contribution >= 4 is 0 Å². The van der Waals surface area contributed by atoms with Crippen LogP contribution in [0, 0.1) is 6.20 Å². The third-order valence-corrected chi connectivity index (χ3v) is 1.36. The van der Waals surface area contributed by atoms with Gasteiger partial charge in [-0.2, -0.15) is 0 Å². The van der Waals surface area contributed by atoms with Gasteiger partial charge >= 0.3 is 5.69 Å². The summed E-state index contributed by atoms with van der Waals surface area (Å²) in [6, 6.07) is 0. The SMILES string of the molecule is CC(C)c1[c][nH]c(=O)[nH]c1=O. The average molecular weight is 153 g/mol. The molecule has 59 valence electrons. The van der Waals surface area contributed by atoms with Gasteiger partial charge in [0.15, 0.2) is 0 Å². The number of rotatable bonds is 1. The van der Waals surface area contributed by atoms with E-state index in [2.05, 4.69) is 16.2 Å². The predicted octanol–water partition coefficient (Wildman–Crippen LogP) is -0.0132. The Balaban J connectivity index is 3.32. The van der Waals surface area contributed by atoms with Crippen molar-refractivity contribution in [1.82, 2.24) is 9.97 Å². The second-order valence-electron chi connectivity index (χ2n) is 2.60. The first-order valence-corrected chi connectivity index (χ1v) is 3.35. The lowest BCUT2D eigenvalue weighted by Gasteiger charge is -1.99. The molecule has 0 aliphatic heterocycles. The minimum atomic E-state index is -0.514. The molecular formula is C7H9N2O2. The zero-order valence-electron chi connectivity index (χ0n) is 6.39. The Morgan fingerprint density at radius 1 is 1.36 bits per heavy atom. The Kier molecular flexibility index (Phi) is 1.94. The van der Waals surface area contributed by atoms with Crippen LogP contribution in [0.15, 0.2) is 9.59 Å². The molecule has 0 amide bonds. The van der Waals surface area contributed by atoms with Crippen LogP contribution in [0.2, 0.25) is 0 Å². The van der Waals surface area contributed by atoms with Crippen molar-refractivity contribution in [3.8, 4) is 0 Å². The molecular weight excluding hydrogens is 144 g/mol. The second kappa shape index (κ2) is 2.74. The van der Waals surface area contributed by atoms with Gasteiger partial charge in [0.1, 0.15) is 0 Å². The van der Waals surface area contributed by atoms with Gasteiger partial charge in [-0.05, 0) is 5.92 Å². The van der Waals surface area contributed by atoms with Gasteiger partial charge in [0, 0.05) is 5.56 Å². The summed E-state index contributed by atoms with van der Waals surface area (Å²) < 4.78 is 0. The molecule has 1 radical (unpaired) electrons. The molecule has 0 atom stereocenters. The van der Waals surface area contributed by atoms with Gasteiger partial charge in [0.2, 0.25) is 0 Å². The van der Waals surface area contributed by atoms with Crippen LogP contribution in [0.4, 0.5) is 0 Å². The van der Waals surface area contributed by atoms with E-state index in [4.69, 9.17) is 0 Å². The van der Waals surface area contributed by atoms with E-state index >= 15 is 0 Å². The summed E-state index contributed by atoms with van der Waals surface area (Å²) in [6.45, 7) is 3.72.